The summed E-state index contributed by atoms with van der Waals surface area (Å²) >= 11 is 0. The van der Waals surface area contributed by atoms with Crippen LogP contribution in [0.3, 0.4) is 0 Å². The average Bonchev–Trinajstić information content (AvgIpc) is 3.46. The minimum Gasteiger partial charge on any atom is -0.397 e. The largest absolute Gasteiger partial charge is 0.397 e. The number of aromatic nitrogens is 1. The van der Waals surface area contributed by atoms with Gasteiger partial charge in [0.05, 0.1) is 30.4 Å². The summed E-state index contributed by atoms with van der Waals surface area (Å²) in [5, 5.41) is 6.66. The third kappa shape index (κ3) is 8.46. The van der Waals surface area contributed by atoms with Gasteiger partial charge >= 0.3 is 0 Å². The molecule has 2 heterocycles. The smallest absolute Gasteiger partial charge is 0.274 e. The molecule has 0 unspecified atom stereocenters. The molecular formula is C30H44N6O2. The number of hydrogen-bond acceptors (Lipinski definition) is 7. The van der Waals surface area contributed by atoms with E-state index in [1.807, 2.05) is 24.4 Å². The number of nitrogen functional groups attached to an aromatic ring is 1. The maximum absolute atomic E-state index is 12.7. The molecule has 2 aromatic rings. The highest BCUT2D eigenvalue weighted by Crippen LogP contribution is 2.21. The lowest BCUT2D eigenvalue weighted by Crippen LogP contribution is -2.37. The summed E-state index contributed by atoms with van der Waals surface area (Å²) in [5.74, 6) is 0.940. The van der Waals surface area contributed by atoms with E-state index in [-0.39, 0.29) is 5.91 Å². The van der Waals surface area contributed by atoms with Gasteiger partial charge in [-0.15, -0.1) is 0 Å². The van der Waals surface area contributed by atoms with E-state index in [9.17, 15) is 4.79 Å². The molecule has 0 spiro atoms. The van der Waals surface area contributed by atoms with Crippen LogP contribution in [-0.4, -0.2) is 66.1 Å². The molecule has 8 nitrogen and oxygen atoms in total. The minimum atomic E-state index is -0.261. The molecule has 1 aromatic heterocycles. The van der Waals surface area contributed by atoms with Gasteiger partial charge in [0, 0.05) is 38.4 Å². The predicted octanol–water partition coefficient (Wildman–Crippen LogP) is 4.61. The van der Waals surface area contributed by atoms with Crippen molar-refractivity contribution >= 4 is 17.3 Å². The van der Waals surface area contributed by atoms with Gasteiger partial charge in [0.15, 0.2) is 0 Å². The molecule has 1 aromatic carbocycles. The molecule has 0 atom stereocenters. The molecular weight excluding hydrogens is 476 g/mol. The van der Waals surface area contributed by atoms with Crippen LogP contribution in [0.25, 0.3) is 0 Å². The topological polar surface area (TPSA) is 95.8 Å². The number of pyridine rings is 1. The summed E-state index contributed by atoms with van der Waals surface area (Å²) in [4.78, 5) is 22.1. The first-order valence-corrected chi connectivity index (χ1v) is 14.2. The first kappa shape index (κ1) is 27.9. The van der Waals surface area contributed by atoms with Gasteiger partial charge in [-0.2, -0.15) is 0 Å². The molecule has 1 aliphatic carbocycles. The van der Waals surface area contributed by atoms with Crippen LogP contribution >= 0.6 is 0 Å². The molecule has 38 heavy (non-hydrogen) atoms. The van der Waals surface area contributed by atoms with E-state index < -0.39 is 0 Å². The van der Waals surface area contributed by atoms with E-state index in [2.05, 4.69) is 38.4 Å². The highest BCUT2D eigenvalue weighted by Gasteiger charge is 2.19. The Morgan fingerprint density at radius 2 is 1.92 bits per heavy atom. The quantitative estimate of drug-likeness (QED) is 0.262. The molecule has 8 heteroatoms. The van der Waals surface area contributed by atoms with Crippen LogP contribution in [0.4, 0.5) is 11.4 Å². The predicted molar refractivity (Wildman–Crippen MR) is 154 cm³/mol. The molecule has 0 bridgehead atoms. The molecule has 4 N–H and O–H groups in total. The fourth-order valence-corrected chi connectivity index (χ4v) is 5.23. The van der Waals surface area contributed by atoms with Crippen LogP contribution < -0.4 is 16.4 Å². The summed E-state index contributed by atoms with van der Waals surface area (Å²) in [6, 6.07) is 11.6. The Morgan fingerprint density at radius 3 is 2.63 bits per heavy atom. The van der Waals surface area contributed by atoms with E-state index in [4.69, 9.17) is 10.5 Å². The van der Waals surface area contributed by atoms with Crippen LogP contribution in [0.1, 0.15) is 67.9 Å². The number of nitrogens with zero attached hydrogens (tertiary/aromatic N) is 3. The number of allylic oxidation sites excluding steroid dienone is 1. The third-order valence-electron chi connectivity index (χ3n) is 7.47. The Morgan fingerprint density at radius 1 is 1.13 bits per heavy atom. The van der Waals surface area contributed by atoms with Gasteiger partial charge in [0.1, 0.15) is 5.69 Å². The molecule has 206 valence electrons. The van der Waals surface area contributed by atoms with Crippen molar-refractivity contribution in [2.75, 3.05) is 50.4 Å². The number of anilines is 2. The molecule has 1 amide bonds. The first-order chi connectivity index (χ1) is 18.6. The van der Waals surface area contributed by atoms with Gasteiger partial charge in [0.2, 0.25) is 0 Å². The zero-order valence-corrected chi connectivity index (χ0v) is 22.8. The highest BCUT2D eigenvalue weighted by molar-refractivity contribution is 6.04. The van der Waals surface area contributed by atoms with Crippen molar-refractivity contribution in [1.29, 1.82) is 0 Å². The van der Waals surface area contributed by atoms with Crippen molar-refractivity contribution in [3.05, 3.63) is 65.7 Å². The summed E-state index contributed by atoms with van der Waals surface area (Å²) in [6.45, 7) is 8.84. The summed E-state index contributed by atoms with van der Waals surface area (Å²) in [6.07, 6.45) is 12.7. The summed E-state index contributed by atoms with van der Waals surface area (Å²) < 4.78 is 5.47. The van der Waals surface area contributed by atoms with Crippen molar-refractivity contribution in [1.82, 2.24) is 20.1 Å². The number of hydrogen-bond donors (Lipinski definition) is 3. The van der Waals surface area contributed by atoms with Gasteiger partial charge in [-0.1, -0.05) is 37.5 Å². The van der Waals surface area contributed by atoms with E-state index in [1.54, 1.807) is 18.2 Å². The highest BCUT2D eigenvalue weighted by atomic mass is 16.5. The number of carbonyl (C=O) groups excluding carboxylic acids is 1. The number of morpholine rings is 1. The fourth-order valence-electron chi connectivity index (χ4n) is 5.23. The Balaban J connectivity index is 1.34. The van der Waals surface area contributed by atoms with Gasteiger partial charge in [0.25, 0.3) is 5.91 Å². The Labute approximate surface area is 227 Å². The number of rotatable bonds is 13. The number of nitrogens with one attached hydrogen (secondary N) is 2. The average molecular weight is 521 g/mol. The van der Waals surface area contributed by atoms with Crippen molar-refractivity contribution in [3.63, 3.8) is 0 Å². The normalized spacial score (nSPS) is 16.9. The van der Waals surface area contributed by atoms with Crippen molar-refractivity contribution in [2.24, 2.45) is 0 Å². The van der Waals surface area contributed by atoms with E-state index in [0.29, 0.717) is 23.1 Å². The van der Waals surface area contributed by atoms with E-state index >= 15 is 0 Å². The second kappa shape index (κ2) is 14.7. The van der Waals surface area contributed by atoms with Crippen LogP contribution in [-0.2, 0) is 11.3 Å². The van der Waals surface area contributed by atoms with Crippen molar-refractivity contribution in [2.45, 2.75) is 64.5 Å². The maximum atomic E-state index is 12.7. The van der Waals surface area contributed by atoms with Gasteiger partial charge in [-0.3, -0.25) is 14.7 Å². The number of benzene rings is 1. The van der Waals surface area contributed by atoms with E-state index in [0.717, 1.165) is 57.9 Å². The van der Waals surface area contributed by atoms with Gasteiger partial charge in [-0.25, -0.2) is 0 Å². The van der Waals surface area contributed by atoms with Crippen LogP contribution in [0, 0.1) is 0 Å². The molecule has 4 rings (SSSR count). The Hall–Kier alpha value is -3.10. The standard InChI is InChI=1S/C30H44N6O2/c1-2-29(33-25-10-4-5-11-25)36(17-9-3-8-16-35-18-20-38-21-19-35)23-24-14-15-28(32-22-24)30(37)34-27-13-7-6-12-26(27)31/h2,6-7,12-15,22,25,33H,3-5,8-11,16-21,23,31H2,1H3,(H,34,37)/b29-2-. The number of ether oxygens (including phenoxy) is 1. The lowest BCUT2D eigenvalue weighted by atomic mass is 10.1. The van der Waals surface area contributed by atoms with Crippen LogP contribution in [0.15, 0.2) is 54.5 Å². The zero-order chi connectivity index (χ0) is 26.6. The monoisotopic (exact) mass is 520 g/mol. The second-order valence-electron chi connectivity index (χ2n) is 10.3. The lowest BCUT2D eigenvalue weighted by Gasteiger charge is -2.31. The number of carbonyl (C=O) groups is 1. The third-order valence-corrected chi connectivity index (χ3v) is 7.47. The van der Waals surface area contributed by atoms with Crippen molar-refractivity contribution < 1.29 is 9.53 Å². The van der Waals surface area contributed by atoms with E-state index in [1.165, 1.54) is 44.3 Å². The van der Waals surface area contributed by atoms with Crippen LogP contribution in [0.2, 0.25) is 0 Å². The number of amides is 1. The fraction of sp³-hybridized carbons (Fsp3) is 0.533. The molecule has 1 saturated carbocycles. The van der Waals surface area contributed by atoms with Crippen molar-refractivity contribution in [3.8, 4) is 0 Å². The maximum Gasteiger partial charge on any atom is 0.274 e. The molecule has 2 aliphatic rings. The SMILES string of the molecule is C/C=C(/NC1CCCC1)N(CCCCCN1CCOCC1)Cc1ccc(C(=O)Nc2ccccc2N)nc1. The molecule has 1 saturated heterocycles. The Kier molecular flexibility index (Phi) is 10.8. The lowest BCUT2D eigenvalue weighted by molar-refractivity contribution is 0.0370. The number of para-hydroxylation sites is 2. The number of unbranched alkanes of at least 4 members (excludes halogenated alkanes) is 2. The van der Waals surface area contributed by atoms with Gasteiger partial charge in [-0.05, 0) is 69.0 Å². The molecule has 2 fully saturated rings. The summed E-state index contributed by atoms with van der Waals surface area (Å²) in [5.41, 5.74) is 8.56. The second-order valence-corrected chi connectivity index (χ2v) is 10.3. The van der Waals surface area contributed by atoms with Crippen LogP contribution in [0.5, 0.6) is 0 Å². The minimum absolute atomic E-state index is 0.261. The molecule has 1 aliphatic heterocycles. The van der Waals surface area contributed by atoms with Gasteiger partial charge < -0.3 is 26.0 Å². The Bertz CT molecular complexity index is 1030. The molecule has 0 radical (unpaired) electrons. The number of nitrogens with two attached hydrogens (primary N) is 1. The zero-order valence-electron chi connectivity index (χ0n) is 22.8. The first-order valence-electron chi connectivity index (χ1n) is 14.2. The summed E-state index contributed by atoms with van der Waals surface area (Å²) in [7, 11) is 0.